The van der Waals surface area contributed by atoms with Crippen LogP contribution in [0.5, 0.6) is 0 Å². The molecule has 0 aliphatic heterocycles. The summed E-state index contributed by atoms with van der Waals surface area (Å²) in [6, 6.07) is 5.56. The first kappa shape index (κ1) is 12.1. The van der Waals surface area contributed by atoms with Gasteiger partial charge >= 0.3 is 0 Å². The molecule has 0 fully saturated rings. The van der Waals surface area contributed by atoms with Gasteiger partial charge in [-0.2, -0.15) is 0 Å². The molecule has 0 amide bonds. The van der Waals surface area contributed by atoms with Crippen molar-refractivity contribution in [3.05, 3.63) is 40.7 Å². The number of rotatable bonds is 4. The number of carbonyl (C=O) groups is 1. The second-order valence-corrected chi connectivity index (χ2v) is 4.33. The molecule has 17 heavy (non-hydrogen) atoms. The summed E-state index contributed by atoms with van der Waals surface area (Å²) in [6.45, 7) is 2.18. The zero-order valence-electron chi connectivity index (χ0n) is 9.87. The Bertz CT molecular complexity index is 560. The number of Topliss-reactive ketones (excluding diaryl/α,β-unsaturated/α-hetero) is 1. The molecule has 0 aliphatic rings. The predicted octanol–water partition coefficient (Wildman–Crippen LogP) is 2.98. The summed E-state index contributed by atoms with van der Waals surface area (Å²) in [5.74, 6) is 0.0271. The average Bonchev–Trinajstić information content (AvgIpc) is 2.67. The van der Waals surface area contributed by atoms with E-state index in [1.54, 1.807) is 20.1 Å². The summed E-state index contributed by atoms with van der Waals surface area (Å²) >= 11 is 6.15. The summed E-state index contributed by atoms with van der Waals surface area (Å²) in [7, 11) is 1.66. The Hall–Kier alpha value is -1.32. The minimum Gasteiger partial charge on any atom is -0.384 e. The molecule has 2 aromatic heterocycles. The highest BCUT2D eigenvalue weighted by molar-refractivity contribution is 6.34. The van der Waals surface area contributed by atoms with Crippen LogP contribution in [-0.4, -0.2) is 23.9 Å². The van der Waals surface area contributed by atoms with Gasteiger partial charge in [-0.1, -0.05) is 11.6 Å². The second kappa shape index (κ2) is 4.90. The molecular weight excluding hydrogens is 238 g/mol. The zero-order valence-corrected chi connectivity index (χ0v) is 10.6. The van der Waals surface area contributed by atoms with E-state index in [1.807, 2.05) is 22.7 Å². The highest BCUT2D eigenvalue weighted by Gasteiger charge is 2.14. The van der Waals surface area contributed by atoms with Crippen LogP contribution >= 0.6 is 11.6 Å². The molecule has 0 bridgehead atoms. The van der Waals surface area contributed by atoms with E-state index in [0.717, 1.165) is 17.6 Å². The lowest BCUT2D eigenvalue weighted by atomic mass is 10.2. The first-order valence-electron chi connectivity index (χ1n) is 5.43. The molecule has 2 aromatic rings. The van der Waals surface area contributed by atoms with Crippen molar-refractivity contribution in [1.82, 2.24) is 4.40 Å². The number of ether oxygens (including phenoxy) is 1. The van der Waals surface area contributed by atoms with Crippen LogP contribution in [0.25, 0.3) is 5.52 Å². The number of hydrogen-bond acceptors (Lipinski definition) is 2. The van der Waals surface area contributed by atoms with Crippen LogP contribution in [-0.2, 0) is 11.2 Å². The highest BCUT2D eigenvalue weighted by Crippen LogP contribution is 2.25. The molecule has 3 nitrogen and oxygen atoms in total. The van der Waals surface area contributed by atoms with Gasteiger partial charge < -0.3 is 9.14 Å². The highest BCUT2D eigenvalue weighted by atomic mass is 35.5. The third-order valence-corrected chi connectivity index (χ3v) is 3.07. The summed E-state index contributed by atoms with van der Waals surface area (Å²) in [6.07, 6.45) is 2.67. The number of ketones is 1. The standard InChI is InChI=1S/C13H14ClNO2/c1-9(16)11-8-10(5-7-17-2)15-6-3-4-12(14)13(11)15/h3-4,6,8H,5,7H2,1-2H3. The van der Waals surface area contributed by atoms with Gasteiger partial charge in [0.15, 0.2) is 5.78 Å². The molecule has 0 saturated carbocycles. The van der Waals surface area contributed by atoms with Gasteiger partial charge in [0.2, 0.25) is 0 Å². The van der Waals surface area contributed by atoms with Crippen molar-refractivity contribution in [3.63, 3.8) is 0 Å². The first-order chi connectivity index (χ1) is 8.15. The smallest absolute Gasteiger partial charge is 0.162 e. The average molecular weight is 252 g/mol. The molecular formula is C13H14ClNO2. The predicted molar refractivity (Wildman–Crippen MR) is 68.0 cm³/mol. The largest absolute Gasteiger partial charge is 0.384 e. The third kappa shape index (κ3) is 2.21. The molecule has 0 atom stereocenters. The maximum absolute atomic E-state index is 11.6. The molecule has 0 radical (unpaired) electrons. The van der Waals surface area contributed by atoms with Gasteiger partial charge in [0.25, 0.3) is 0 Å². The van der Waals surface area contributed by atoms with E-state index < -0.39 is 0 Å². The van der Waals surface area contributed by atoms with Crippen LogP contribution < -0.4 is 0 Å². The van der Waals surface area contributed by atoms with E-state index in [9.17, 15) is 4.79 Å². The minimum atomic E-state index is 0.0271. The van der Waals surface area contributed by atoms with Crippen molar-refractivity contribution < 1.29 is 9.53 Å². The molecule has 0 aliphatic carbocycles. The number of halogens is 1. The molecule has 0 aromatic carbocycles. The molecule has 2 rings (SSSR count). The van der Waals surface area contributed by atoms with Crippen LogP contribution in [0.2, 0.25) is 5.02 Å². The van der Waals surface area contributed by atoms with Gasteiger partial charge in [0.05, 0.1) is 17.1 Å². The van der Waals surface area contributed by atoms with Gasteiger partial charge in [-0.15, -0.1) is 0 Å². The second-order valence-electron chi connectivity index (χ2n) is 3.92. The Labute approximate surface area is 105 Å². The maximum Gasteiger partial charge on any atom is 0.162 e. The summed E-state index contributed by atoms with van der Waals surface area (Å²) < 4.78 is 7.02. The lowest BCUT2D eigenvalue weighted by Gasteiger charge is -2.03. The van der Waals surface area contributed by atoms with Gasteiger partial charge in [-0.25, -0.2) is 0 Å². The van der Waals surface area contributed by atoms with E-state index in [2.05, 4.69) is 0 Å². The number of pyridine rings is 1. The third-order valence-electron chi connectivity index (χ3n) is 2.76. The van der Waals surface area contributed by atoms with Crippen LogP contribution in [0, 0.1) is 0 Å². The van der Waals surface area contributed by atoms with Crippen LogP contribution in [0.3, 0.4) is 0 Å². The molecule has 0 saturated heterocycles. The fourth-order valence-electron chi connectivity index (χ4n) is 1.95. The van der Waals surface area contributed by atoms with Crippen LogP contribution in [0.4, 0.5) is 0 Å². The minimum absolute atomic E-state index is 0.0271. The summed E-state index contributed by atoms with van der Waals surface area (Å²) in [5, 5.41) is 0.598. The van der Waals surface area contributed by atoms with Crippen molar-refractivity contribution in [2.45, 2.75) is 13.3 Å². The van der Waals surface area contributed by atoms with Gasteiger partial charge in [-0.3, -0.25) is 4.79 Å². The molecule has 0 unspecified atom stereocenters. The van der Waals surface area contributed by atoms with Gasteiger partial charge in [0, 0.05) is 31.0 Å². The number of carbonyl (C=O) groups excluding carboxylic acids is 1. The number of fused-ring (bicyclic) bond motifs is 1. The molecule has 0 spiro atoms. The van der Waals surface area contributed by atoms with Crippen LogP contribution in [0.15, 0.2) is 24.4 Å². The van der Waals surface area contributed by atoms with Crippen molar-refractivity contribution in [2.24, 2.45) is 0 Å². The van der Waals surface area contributed by atoms with E-state index in [0.29, 0.717) is 17.2 Å². The van der Waals surface area contributed by atoms with Crippen molar-refractivity contribution in [1.29, 1.82) is 0 Å². The fraction of sp³-hybridized carbons (Fsp3) is 0.308. The Morgan fingerprint density at radius 3 is 2.94 bits per heavy atom. The van der Waals surface area contributed by atoms with E-state index in [4.69, 9.17) is 16.3 Å². The SMILES string of the molecule is COCCc1cc(C(C)=O)c2c(Cl)cccn12. The number of nitrogens with zero attached hydrogens (tertiary/aromatic N) is 1. The fourth-order valence-corrected chi connectivity index (χ4v) is 2.22. The van der Waals surface area contributed by atoms with Crippen molar-refractivity contribution in [3.8, 4) is 0 Å². The Morgan fingerprint density at radius 1 is 1.53 bits per heavy atom. The van der Waals surface area contributed by atoms with Gasteiger partial charge in [0.1, 0.15) is 0 Å². The summed E-state index contributed by atoms with van der Waals surface area (Å²) in [4.78, 5) is 11.6. The number of methoxy groups -OCH3 is 1. The Morgan fingerprint density at radius 2 is 2.29 bits per heavy atom. The Kier molecular flexibility index (Phi) is 3.50. The monoisotopic (exact) mass is 251 g/mol. The van der Waals surface area contributed by atoms with Crippen molar-refractivity contribution >= 4 is 22.9 Å². The topological polar surface area (TPSA) is 30.7 Å². The van der Waals surface area contributed by atoms with E-state index >= 15 is 0 Å². The van der Waals surface area contributed by atoms with E-state index in [-0.39, 0.29) is 5.78 Å². The maximum atomic E-state index is 11.6. The normalized spacial score (nSPS) is 11.0. The molecule has 4 heteroatoms. The summed E-state index contributed by atoms with van der Waals surface area (Å²) in [5.41, 5.74) is 2.49. The van der Waals surface area contributed by atoms with Gasteiger partial charge in [-0.05, 0) is 25.1 Å². The van der Waals surface area contributed by atoms with E-state index in [1.165, 1.54) is 0 Å². The molecule has 90 valence electrons. The lowest BCUT2D eigenvalue weighted by Crippen LogP contribution is -1.98. The Balaban J connectivity index is 2.62. The zero-order chi connectivity index (χ0) is 12.4. The first-order valence-corrected chi connectivity index (χ1v) is 5.81. The number of aromatic nitrogens is 1. The quantitative estimate of drug-likeness (QED) is 0.782. The molecule has 0 N–H and O–H groups in total. The van der Waals surface area contributed by atoms with Crippen molar-refractivity contribution in [2.75, 3.05) is 13.7 Å². The molecule has 2 heterocycles. The number of hydrogen-bond donors (Lipinski definition) is 0. The van der Waals surface area contributed by atoms with Crippen LogP contribution in [0.1, 0.15) is 23.0 Å². The lowest BCUT2D eigenvalue weighted by molar-refractivity contribution is 0.101.